The van der Waals surface area contributed by atoms with E-state index in [1.807, 2.05) is 0 Å². The van der Waals surface area contributed by atoms with Crippen LogP contribution >= 0.6 is 11.3 Å². The monoisotopic (exact) mass is 712 g/mol. The number of aromatic amines is 1. The summed E-state index contributed by atoms with van der Waals surface area (Å²) in [7, 11) is -3.89. The summed E-state index contributed by atoms with van der Waals surface area (Å²) in [4.78, 5) is 99.5. The number of pyridine rings is 1. The largest absolute Gasteiger partial charge is 0.503 e. The average molecular weight is 713 g/mol. The second-order valence-electron chi connectivity index (χ2n) is 10.6. The lowest BCUT2D eigenvalue weighted by Gasteiger charge is -2.44. The van der Waals surface area contributed by atoms with Crippen LogP contribution in [0.5, 0.6) is 5.75 Å². The van der Waals surface area contributed by atoms with E-state index in [1.165, 1.54) is 12.3 Å². The molecule has 0 aromatic carbocycles. The second kappa shape index (κ2) is 12.8. The third-order valence-corrected chi connectivity index (χ3v) is 9.01. The number of nitrogen functional groups attached to an aromatic ring is 1. The molecule has 22 nitrogen and oxygen atoms in total. The molecule has 0 saturated carbocycles. The molecule has 48 heavy (non-hydrogen) atoms. The molecule has 0 unspecified atom stereocenters. The van der Waals surface area contributed by atoms with Crippen LogP contribution in [-0.2, 0) is 29.4 Å². The molecule has 2 fully saturated rings. The lowest BCUT2D eigenvalue weighted by atomic mass is 9.97. The van der Waals surface area contributed by atoms with Crippen LogP contribution in [0.3, 0.4) is 0 Å². The third kappa shape index (κ3) is 6.68. The van der Waals surface area contributed by atoms with Crippen molar-refractivity contribution in [3.05, 3.63) is 39.3 Å². The van der Waals surface area contributed by atoms with Crippen molar-refractivity contribution >= 4 is 68.1 Å². The molecule has 0 spiro atoms. The number of hydrazine groups is 1. The summed E-state index contributed by atoms with van der Waals surface area (Å²) in [5, 5.41) is 27.4. The molecule has 4 rings (SSSR count). The van der Waals surface area contributed by atoms with E-state index < -0.39 is 93.6 Å². The summed E-state index contributed by atoms with van der Waals surface area (Å²) in [6, 6.07) is -4.45. The van der Waals surface area contributed by atoms with Crippen LogP contribution in [0.15, 0.2) is 27.6 Å². The molecular weight excluding hydrogens is 684 g/mol. The Balaban J connectivity index is 1.41. The number of carbonyl (C=O) groups is 6. The molecule has 4 heterocycles. The Morgan fingerprint density at radius 3 is 2.44 bits per heavy atom. The minimum absolute atomic E-state index is 0.0338. The van der Waals surface area contributed by atoms with Crippen molar-refractivity contribution < 1.29 is 52.2 Å². The molecule has 2 saturated heterocycles. The van der Waals surface area contributed by atoms with Crippen LogP contribution < -0.4 is 21.2 Å². The van der Waals surface area contributed by atoms with Gasteiger partial charge in [0.05, 0.1) is 19.1 Å². The number of carboxylic acid groups (broad SMARTS) is 1. The maximum atomic E-state index is 13.1. The summed E-state index contributed by atoms with van der Waals surface area (Å²) < 4.78 is 27.9. The highest BCUT2D eigenvalue weighted by molar-refractivity contribution is 7.88. The number of imide groups is 1. The molecule has 0 aliphatic carbocycles. The highest BCUT2D eigenvalue weighted by Gasteiger charge is 2.51. The first kappa shape index (κ1) is 35.1. The van der Waals surface area contributed by atoms with Crippen molar-refractivity contribution in [1.82, 2.24) is 39.2 Å². The summed E-state index contributed by atoms with van der Waals surface area (Å²) in [5.41, 5.74) is 1.93. The number of anilines is 1. The van der Waals surface area contributed by atoms with E-state index in [2.05, 4.69) is 20.4 Å². The van der Waals surface area contributed by atoms with Crippen LogP contribution in [0.2, 0.25) is 0 Å². The number of aromatic hydroxyl groups is 1. The molecule has 7 amide bonds. The summed E-state index contributed by atoms with van der Waals surface area (Å²) in [6.07, 6.45) is 0.864. The zero-order valence-corrected chi connectivity index (χ0v) is 27.0. The normalized spacial score (nSPS) is 18.7. The summed E-state index contributed by atoms with van der Waals surface area (Å²) in [5.74, 6) is -5.07. The van der Waals surface area contributed by atoms with Gasteiger partial charge >= 0.3 is 28.2 Å². The molecule has 7 N–H and O–H groups in total. The number of carboxylic acids is 1. The second-order valence-corrected chi connectivity index (χ2v) is 13.1. The van der Waals surface area contributed by atoms with Crippen molar-refractivity contribution in [3.63, 3.8) is 0 Å². The first-order valence-corrected chi connectivity index (χ1v) is 15.8. The van der Waals surface area contributed by atoms with E-state index in [0.29, 0.717) is 9.91 Å². The van der Waals surface area contributed by atoms with Crippen molar-refractivity contribution in [2.24, 2.45) is 5.16 Å². The molecular formula is C24H28N10O12S2. The first-order valence-electron chi connectivity index (χ1n) is 13.5. The standard InChI is InChI=1S/C24H28N10O12S2/c1-10-15(28-17(37)16(12-9-47-21(25)27-12)29-46-24(2,3)20(40)41)19(39)34(10)22(42)30-48(44,45)33-6-5-32(31(4)23(33)43)18(38)11-7-13(35)14(36)8-26-11/h7-10,15,36H,5-6H2,1-4H3,(H2,25,27)(H,26,35)(H,28,37)(H,30,42)(H,40,41)/b29-16-/t10-,15-/m0/s1. The number of hydrogen-bond donors (Lipinski definition) is 6. The predicted octanol–water partition coefficient (Wildman–Crippen LogP) is -2.20. The van der Waals surface area contributed by atoms with Gasteiger partial charge in [-0.05, 0) is 20.8 Å². The number of urea groups is 2. The van der Waals surface area contributed by atoms with Crippen LogP contribution in [0.25, 0.3) is 0 Å². The fourth-order valence-electron chi connectivity index (χ4n) is 4.20. The number of nitrogens with two attached hydrogens (primary N) is 1. The van der Waals surface area contributed by atoms with Crippen molar-refractivity contribution in [1.29, 1.82) is 0 Å². The molecule has 2 aromatic heterocycles. The Hall–Kier alpha value is -5.78. The number of carbonyl (C=O) groups excluding carboxylic acids is 5. The Bertz CT molecular complexity index is 1910. The Labute approximate surface area is 273 Å². The van der Waals surface area contributed by atoms with Gasteiger partial charge in [0.1, 0.15) is 17.4 Å². The number of aliphatic carboxylic acids is 1. The molecule has 0 bridgehead atoms. The van der Waals surface area contributed by atoms with Gasteiger partial charge in [0.2, 0.25) is 11.0 Å². The van der Waals surface area contributed by atoms with Gasteiger partial charge in [-0.2, -0.15) is 8.42 Å². The smallest absolute Gasteiger partial charge is 0.353 e. The van der Waals surface area contributed by atoms with Crippen LogP contribution in [0.1, 0.15) is 37.0 Å². The van der Waals surface area contributed by atoms with Gasteiger partial charge in [-0.1, -0.05) is 5.16 Å². The van der Waals surface area contributed by atoms with E-state index in [-0.39, 0.29) is 20.8 Å². The van der Waals surface area contributed by atoms with Gasteiger partial charge in [-0.3, -0.25) is 24.1 Å². The zero-order chi connectivity index (χ0) is 35.9. The van der Waals surface area contributed by atoms with E-state index in [0.717, 1.165) is 49.5 Å². The van der Waals surface area contributed by atoms with Gasteiger partial charge in [0, 0.05) is 24.7 Å². The lowest BCUT2D eigenvalue weighted by molar-refractivity contribution is -0.161. The Morgan fingerprint density at radius 2 is 1.88 bits per heavy atom. The molecule has 24 heteroatoms. The van der Waals surface area contributed by atoms with E-state index in [1.54, 1.807) is 4.72 Å². The Kier molecular flexibility index (Phi) is 9.34. The average Bonchev–Trinajstić information content (AvgIpc) is 3.43. The van der Waals surface area contributed by atoms with E-state index in [4.69, 9.17) is 10.6 Å². The van der Waals surface area contributed by atoms with Crippen molar-refractivity contribution in [2.45, 2.75) is 38.5 Å². The molecule has 258 valence electrons. The third-order valence-electron chi connectivity index (χ3n) is 6.99. The number of nitrogens with zero attached hydrogens (tertiary/aromatic N) is 6. The number of H-pyrrole nitrogens is 1. The van der Waals surface area contributed by atoms with E-state index in [9.17, 15) is 52.2 Å². The maximum absolute atomic E-state index is 13.1. The Morgan fingerprint density at radius 1 is 1.21 bits per heavy atom. The van der Waals surface area contributed by atoms with Gasteiger partial charge in [0.25, 0.3) is 17.7 Å². The zero-order valence-electron chi connectivity index (χ0n) is 25.4. The minimum Gasteiger partial charge on any atom is -0.503 e. The number of likely N-dealkylation sites (tertiary alicyclic amines) is 1. The molecule has 0 radical (unpaired) electrons. The molecule has 2 aliphatic rings. The number of rotatable bonds is 9. The maximum Gasteiger partial charge on any atom is 0.353 e. The van der Waals surface area contributed by atoms with Gasteiger partial charge in [0.15, 0.2) is 16.6 Å². The molecule has 2 aromatic rings. The topological polar surface area (TPSA) is 307 Å². The lowest BCUT2D eigenvalue weighted by Crippen LogP contribution is -2.73. The van der Waals surface area contributed by atoms with Crippen molar-refractivity contribution in [3.8, 4) is 5.75 Å². The molecule has 2 aliphatic heterocycles. The fourth-order valence-corrected chi connectivity index (χ4v) is 5.82. The SMILES string of the molecule is C[C@H]1[C@H](NC(=O)/C(=N\OC(C)(C)C(=O)O)c2csc(N)n2)C(=O)N1C(=O)NS(=O)(=O)N1CCN(C(=O)c2cc(=O)c(O)c[nH]2)N(C)C1=O. The number of amides is 7. The number of nitrogens with one attached hydrogen (secondary N) is 3. The summed E-state index contributed by atoms with van der Waals surface area (Å²) in [6.45, 7) is 2.59. The van der Waals surface area contributed by atoms with Crippen LogP contribution in [0.4, 0.5) is 14.7 Å². The fraction of sp³-hybridized carbons (Fsp3) is 0.375. The summed E-state index contributed by atoms with van der Waals surface area (Å²) >= 11 is 0.930. The highest BCUT2D eigenvalue weighted by atomic mass is 32.2. The predicted molar refractivity (Wildman–Crippen MR) is 161 cm³/mol. The number of oxime groups is 1. The highest BCUT2D eigenvalue weighted by Crippen LogP contribution is 2.22. The quantitative estimate of drug-likeness (QED) is 0.0913. The number of thiazole rings is 1. The van der Waals surface area contributed by atoms with Crippen LogP contribution in [-0.4, -0.2) is 127 Å². The number of aromatic nitrogens is 2. The number of hydrogen-bond acceptors (Lipinski definition) is 15. The number of β-lactam (4-membered cyclic amide) rings is 1. The van der Waals surface area contributed by atoms with E-state index >= 15 is 0 Å². The van der Waals surface area contributed by atoms with Gasteiger partial charge < -0.3 is 31.1 Å². The van der Waals surface area contributed by atoms with Gasteiger partial charge in [-0.15, -0.1) is 11.3 Å². The van der Waals surface area contributed by atoms with Crippen molar-refractivity contribution in [2.75, 3.05) is 25.9 Å². The van der Waals surface area contributed by atoms with Gasteiger partial charge in [-0.25, -0.2) is 38.4 Å². The first-order chi connectivity index (χ1) is 22.3. The molecule has 2 atom stereocenters. The van der Waals surface area contributed by atoms with Crippen LogP contribution in [0, 0.1) is 0 Å². The minimum atomic E-state index is -4.94.